The van der Waals surface area contributed by atoms with E-state index in [9.17, 15) is 9.59 Å². The predicted molar refractivity (Wildman–Crippen MR) is 119 cm³/mol. The van der Waals surface area contributed by atoms with Crippen LogP contribution in [0.1, 0.15) is 19.3 Å². The van der Waals surface area contributed by atoms with Crippen molar-refractivity contribution in [2.45, 2.75) is 25.3 Å². The van der Waals surface area contributed by atoms with Crippen LogP contribution < -0.4 is 10.2 Å². The van der Waals surface area contributed by atoms with Gasteiger partial charge in [-0.3, -0.25) is 19.4 Å². The van der Waals surface area contributed by atoms with Gasteiger partial charge < -0.3 is 15.0 Å². The number of hydrogen-bond donors (Lipinski definition) is 1. The molecule has 4 rings (SSSR count). The van der Waals surface area contributed by atoms with Crippen LogP contribution in [0, 0.1) is 11.8 Å². The third-order valence-electron chi connectivity index (χ3n) is 6.66. The standard InChI is InChI=1S/C22H30N4O3S/c1-29-21(28)16-7-8-18-19(15-16)23-22(30)26(20(18)27)14-11-24-9-12-25(13-10-24)17-5-3-2-4-6-17/h2-6,16,18-19H,7-15H2,1H3,(H,23,30). The topological polar surface area (TPSA) is 65.1 Å². The number of methoxy groups -OCH3 is 1. The number of benzene rings is 1. The Morgan fingerprint density at radius 1 is 1.13 bits per heavy atom. The molecule has 0 spiro atoms. The van der Waals surface area contributed by atoms with Crippen LogP contribution in [0.5, 0.6) is 0 Å². The number of fused-ring (bicyclic) bond motifs is 1. The summed E-state index contributed by atoms with van der Waals surface area (Å²) in [6.45, 7) is 5.35. The van der Waals surface area contributed by atoms with Crippen LogP contribution in [0.3, 0.4) is 0 Å². The Bertz CT molecular complexity index is 782. The van der Waals surface area contributed by atoms with Crippen molar-refractivity contribution in [3.8, 4) is 0 Å². The summed E-state index contributed by atoms with van der Waals surface area (Å²) in [7, 11) is 1.42. The van der Waals surface area contributed by atoms with Gasteiger partial charge in [-0.15, -0.1) is 0 Å². The summed E-state index contributed by atoms with van der Waals surface area (Å²) in [6.07, 6.45) is 2.01. The molecule has 3 atom stereocenters. The van der Waals surface area contributed by atoms with E-state index in [1.54, 1.807) is 4.90 Å². The average molecular weight is 431 g/mol. The molecule has 2 heterocycles. The number of carbonyl (C=O) groups excluding carboxylic acids is 2. The highest BCUT2D eigenvalue weighted by Crippen LogP contribution is 2.33. The van der Waals surface area contributed by atoms with Crippen molar-refractivity contribution < 1.29 is 14.3 Å². The SMILES string of the molecule is COC(=O)C1CCC2C(=O)N(CCN3CCN(c4ccccc4)CC3)C(=S)NC2C1. The maximum Gasteiger partial charge on any atom is 0.308 e. The van der Waals surface area contributed by atoms with E-state index in [1.165, 1.54) is 12.8 Å². The number of carbonyl (C=O) groups is 2. The van der Waals surface area contributed by atoms with E-state index < -0.39 is 0 Å². The molecule has 3 aliphatic rings. The molecule has 0 radical (unpaired) electrons. The van der Waals surface area contributed by atoms with E-state index in [-0.39, 0.29) is 29.8 Å². The number of anilines is 1. The van der Waals surface area contributed by atoms with Gasteiger partial charge in [0.15, 0.2) is 5.11 Å². The van der Waals surface area contributed by atoms with Gasteiger partial charge in [-0.1, -0.05) is 18.2 Å². The lowest BCUT2D eigenvalue weighted by molar-refractivity contribution is -0.149. The minimum atomic E-state index is -0.189. The zero-order chi connectivity index (χ0) is 21.1. The number of nitrogens with one attached hydrogen (secondary N) is 1. The third kappa shape index (κ3) is 4.44. The van der Waals surface area contributed by atoms with Gasteiger partial charge in [-0.05, 0) is 43.6 Å². The minimum absolute atomic E-state index is 0.0616. The molecule has 2 saturated heterocycles. The maximum atomic E-state index is 13.1. The summed E-state index contributed by atoms with van der Waals surface area (Å²) >= 11 is 5.51. The summed E-state index contributed by atoms with van der Waals surface area (Å²) in [4.78, 5) is 31.5. The highest BCUT2D eigenvalue weighted by atomic mass is 32.1. The van der Waals surface area contributed by atoms with Gasteiger partial charge in [0, 0.05) is 51.0 Å². The van der Waals surface area contributed by atoms with Crippen LogP contribution in [-0.2, 0) is 14.3 Å². The Kier molecular flexibility index (Phi) is 6.53. The van der Waals surface area contributed by atoms with Gasteiger partial charge in [0.1, 0.15) is 0 Å². The van der Waals surface area contributed by atoms with E-state index in [4.69, 9.17) is 17.0 Å². The molecule has 1 aliphatic carbocycles. The third-order valence-corrected chi connectivity index (χ3v) is 6.99. The van der Waals surface area contributed by atoms with E-state index in [0.717, 1.165) is 32.7 Å². The molecule has 3 unspecified atom stereocenters. The normalized spacial score (nSPS) is 27.4. The molecule has 2 aliphatic heterocycles. The monoisotopic (exact) mass is 430 g/mol. The highest BCUT2D eigenvalue weighted by molar-refractivity contribution is 7.80. The van der Waals surface area contributed by atoms with Gasteiger partial charge in [0.05, 0.1) is 18.9 Å². The van der Waals surface area contributed by atoms with Crippen molar-refractivity contribution in [2.24, 2.45) is 11.8 Å². The van der Waals surface area contributed by atoms with Gasteiger partial charge in [-0.2, -0.15) is 0 Å². The molecular weight excluding hydrogens is 400 g/mol. The number of thiocarbonyl (C=S) groups is 1. The fraction of sp³-hybridized carbons (Fsp3) is 0.591. The lowest BCUT2D eigenvalue weighted by Gasteiger charge is -2.44. The first kappa shape index (κ1) is 21.1. The van der Waals surface area contributed by atoms with Crippen molar-refractivity contribution in [3.05, 3.63) is 30.3 Å². The van der Waals surface area contributed by atoms with Gasteiger partial charge in [0.25, 0.3) is 0 Å². The van der Waals surface area contributed by atoms with Crippen molar-refractivity contribution in [1.29, 1.82) is 0 Å². The lowest BCUT2D eigenvalue weighted by atomic mass is 9.76. The first-order chi connectivity index (χ1) is 14.6. The van der Waals surface area contributed by atoms with Crippen LogP contribution in [-0.4, -0.2) is 79.2 Å². The van der Waals surface area contributed by atoms with Crippen molar-refractivity contribution in [1.82, 2.24) is 15.1 Å². The van der Waals surface area contributed by atoms with Gasteiger partial charge >= 0.3 is 5.97 Å². The van der Waals surface area contributed by atoms with Crippen LogP contribution in [0.2, 0.25) is 0 Å². The van der Waals surface area contributed by atoms with Crippen molar-refractivity contribution in [3.63, 3.8) is 0 Å². The van der Waals surface area contributed by atoms with E-state index in [0.29, 0.717) is 30.9 Å². The zero-order valence-corrected chi connectivity index (χ0v) is 18.3. The number of esters is 1. The largest absolute Gasteiger partial charge is 0.469 e. The molecule has 1 aromatic carbocycles. The number of piperazine rings is 1. The number of ether oxygens (including phenoxy) is 1. The molecule has 1 saturated carbocycles. The van der Waals surface area contributed by atoms with Crippen LogP contribution >= 0.6 is 12.2 Å². The Labute approximate surface area is 183 Å². The first-order valence-corrected chi connectivity index (χ1v) is 11.2. The van der Waals surface area contributed by atoms with Gasteiger partial charge in [0.2, 0.25) is 5.91 Å². The Balaban J connectivity index is 1.27. The fourth-order valence-electron chi connectivity index (χ4n) is 4.86. The molecule has 0 bridgehead atoms. The summed E-state index contributed by atoms with van der Waals surface area (Å²) in [5.74, 6) is -0.333. The second kappa shape index (κ2) is 9.31. The number of nitrogens with zero attached hydrogens (tertiary/aromatic N) is 3. The average Bonchev–Trinajstić information content (AvgIpc) is 2.79. The van der Waals surface area contributed by atoms with E-state index >= 15 is 0 Å². The van der Waals surface area contributed by atoms with E-state index in [2.05, 4.69) is 39.4 Å². The minimum Gasteiger partial charge on any atom is -0.469 e. The Morgan fingerprint density at radius 2 is 1.87 bits per heavy atom. The summed E-state index contributed by atoms with van der Waals surface area (Å²) in [5, 5.41) is 3.82. The molecule has 1 aromatic rings. The Hall–Kier alpha value is -2.19. The smallest absolute Gasteiger partial charge is 0.308 e. The van der Waals surface area contributed by atoms with Crippen molar-refractivity contribution in [2.75, 3.05) is 51.3 Å². The molecule has 3 fully saturated rings. The highest BCUT2D eigenvalue weighted by Gasteiger charge is 2.44. The number of amides is 1. The van der Waals surface area contributed by atoms with Crippen LogP contribution in [0.15, 0.2) is 30.3 Å². The van der Waals surface area contributed by atoms with Crippen LogP contribution in [0.25, 0.3) is 0 Å². The van der Waals surface area contributed by atoms with Crippen LogP contribution in [0.4, 0.5) is 5.69 Å². The van der Waals surface area contributed by atoms with E-state index in [1.807, 2.05) is 6.07 Å². The molecular formula is C22H30N4O3S. The van der Waals surface area contributed by atoms with Gasteiger partial charge in [-0.25, -0.2) is 0 Å². The number of hydrogen-bond acceptors (Lipinski definition) is 6. The molecule has 8 heteroatoms. The predicted octanol–water partition coefficient (Wildman–Crippen LogP) is 1.48. The molecule has 1 N–H and O–H groups in total. The molecule has 0 aromatic heterocycles. The molecule has 7 nitrogen and oxygen atoms in total. The molecule has 1 amide bonds. The quantitative estimate of drug-likeness (QED) is 0.561. The van der Waals surface area contributed by atoms with Crippen molar-refractivity contribution >= 4 is 34.9 Å². The zero-order valence-electron chi connectivity index (χ0n) is 17.5. The molecule has 30 heavy (non-hydrogen) atoms. The second-order valence-electron chi connectivity index (χ2n) is 8.35. The second-order valence-corrected chi connectivity index (χ2v) is 8.74. The lowest BCUT2D eigenvalue weighted by Crippen LogP contribution is -2.62. The summed E-state index contributed by atoms with van der Waals surface area (Å²) < 4.78 is 4.88. The first-order valence-electron chi connectivity index (χ1n) is 10.8. The Morgan fingerprint density at radius 3 is 2.57 bits per heavy atom. The summed E-state index contributed by atoms with van der Waals surface area (Å²) in [5.41, 5.74) is 1.27. The number of para-hydroxylation sites is 1. The summed E-state index contributed by atoms with van der Waals surface area (Å²) in [6, 6.07) is 10.4. The fourth-order valence-corrected chi connectivity index (χ4v) is 5.20. The maximum absolute atomic E-state index is 13.1. The molecule has 162 valence electrons. The number of rotatable bonds is 5.